The Bertz CT molecular complexity index is 1530. The number of aliphatic hydroxyl groups is 1. The minimum atomic E-state index is -3.35. The third kappa shape index (κ3) is 6.33. The van der Waals surface area contributed by atoms with E-state index in [1.807, 2.05) is 18.2 Å². The second-order valence-electron chi connectivity index (χ2n) is 10.7. The summed E-state index contributed by atoms with van der Waals surface area (Å²) in [6.07, 6.45) is 5.23. The Hall–Kier alpha value is -3.37. The van der Waals surface area contributed by atoms with Gasteiger partial charge in [0.1, 0.15) is 17.5 Å². The van der Waals surface area contributed by atoms with Gasteiger partial charge in [-0.15, -0.1) is 0 Å². The fourth-order valence-electron chi connectivity index (χ4n) is 5.69. The van der Waals surface area contributed by atoms with E-state index in [0.29, 0.717) is 30.9 Å². The molecule has 0 radical (unpaired) electrons. The fraction of sp³-hybridized carbons (Fsp3) is 0.464. The summed E-state index contributed by atoms with van der Waals surface area (Å²) in [5.41, 5.74) is 1.11. The van der Waals surface area contributed by atoms with Gasteiger partial charge in [0.05, 0.1) is 30.0 Å². The highest BCUT2D eigenvalue weighted by atomic mass is 32.2. The van der Waals surface area contributed by atoms with E-state index in [1.165, 1.54) is 16.4 Å². The van der Waals surface area contributed by atoms with E-state index in [0.717, 1.165) is 54.5 Å². The van der Waals surface area contributed by atoms with Gasteiger partial charge in [-0.05, 0) is 55.7 Å². The summed E-state index contributed by atoms with van der Waals surface area (Å²) < 4.78 is 39.0. The van der Waals surface area contributed by atoms with Crippen LogP contribution in [-0.4, -0.2) is 89.9 Å². The lowest BCUT2D eigenvalue weighted by molar-refractivity contribution is 0.0952. The first-order valence-electron chi connectivity index (χ1n) is 13.4. The normalized spacial score (nSPS) is 23.1. The molecule has 2 N–H and O–H groups in total. The minimum absolute atomic E-state index is 0.0477. The summed E-state index contributed by atoms with van der Waals surface area (Å²) in [5.74, 6) is 1.05. The molecule has 0 saturated carbocycles. The van der Waals surface area contributed by atoms with Crippen LogP contribution in [0, 0.1) is 17.1 Å². The van der Waals surface area contributed by atoms with Crippen LogP contribution in [0.5, 0.6) is 0 Å². The largest absolute Gasteiger partial charge is 0.390 e. The molecule has 3 atom stereocenters. The predicted octanol–water partition coefficient (Wildman–Crippen LogP) is 2.55. The van der Waals surface area contributed by atoms with Crippen LogP contribution in [0.2, 0.25) is 0 Å². The van der Waals surface area contributed by atoms with Crippen LogP contribution in [-0.2, 0) is 16.6 Å². The van der Waals surface area contributed by atoms with E-state index >= 15 is 0 Å². The van der Waals surface area contributed by atoms with E-state index < -0.39 is 21.9 Å². The maximum Gasteiger partial charge on any atom is 0.211 e. The number of fused-ring (bicyclic) bond motifs is 1. The van der Waals surface area contributed by atoms with E-state index in [2.05, 4.69) is 27.0 Å². The number of nitriles is 1. The monoisotopic (exact) mass is 567 g/mol. The summed E-state index contributed by atoms with van der Waals surface area (Å²) in [6, 6.07) is 10.2. The molecule has 5 rings (SSSR count). The topological polar surface area (TPSA) is 126 Å². The van der Waals surface area contributed by atoms with E-state index in [4.69, 9.17) is 4.98 Å². The first kappa shape index (κ1) is 28.2. The van der Waals surface area contributed by atoms with Crippen LogP contribution in [0.15, 0.2) is 42.7 Å². The van der Waals surface area contributed by atoms with Gasteiger partial charge in [-0.3, -0.25) is 4.90 Å². The maximum atomic E-state index is 14.0. The number of sulfonamides is 1. The van der Waals surface area contributed by atoms with Gasteiger partial charge in [-0.2, -0.15) is 9.57 Å². The number of hydrogen-bond donors (Lipinski definition) is 2. The number of piperidine rings is 1. The zero-order valence-electron chi connectivity index (χ0n) is 22.7. The molecule has 2 aromatic heterocycles. The Morgan fingerprint density at radius 3 is 2.75 bits per heavy atom. The lowest BCUT2D eigenvalue weighted by Crippen LogP contribution is -2.51. The molecule has 4 heterocycles. The van der Waals surface area contributed by atoms with Gasteiger partial charge in [-0.25, -0.2) is 22.8 Å². The SMILES string of the molecule is C[C@@H]1CN(Cc2cc(F)cc(C#N)c2)CCCN1c1nccc2cnc(N[C@@H]3CCN(S(C)(=O)=O)C[C@H]3O)cc12. The van der Waals surface area contributed by atoms with Crippen molar-refractivity contribution in [1.82, 2.24) is 19.2 Å². The molecule has 2 aliphatic heterocycles. The second-order valence-corrected chi connectivity index (χ2v) is 12.7. The molecule has 40 heavy (non-hydrogen) atoms. The zero-order chi connectivity index (χ0) is 28.4. The first-order chi connectivity index (χ1) is 19.1. The van der Waals surface area contributed by atoms with Gasteiger partial charge in [0.15, 0.2) is 0 Å². The molecule has 12 heteroatoms. The van der Waals surface area contributed by atoms with Crippen LogP contribution in [0.25, 0.3) is 10.8 Å². The zero-order valence-corrected chi connectivity index (χ0v) is 23.5. The number of rotatable bonds is 6. The Labute approximate surface area is 234 Å². The van der Waals surface area contributed by atoms with Crippen molar-refractivity contribution in [1.29, 1.82) is 5.26 Å². The average molecular weight is 568 g/mol. The number of benzene rings is 1. The van der Waals surface area contributed by atoms with Crippen LogP contribution < -0.4 is 10.2 Å². The summed E-state index contributed by atoms with van der Waals surface area (Å²) >= 11 is 0. The molecule has 0 aliphatic carbocycles. The Morgan fingerprint density at radius 1 is 1.18 bits per heavy atom. The molecular formula is C28H34FN7O3S. The van der Waals surface area contributed by atoms with Gasteiger partial charge in [0.2, 0.25) is 10.0 Å². The van der Waals surface area contributed by atoms with Crippen molar-refractivity contribution in [3.63, 3.8) is 0 Å². The predicted molar refractivity (Wildman–Crippen MR) is 152 cm³/mol. The van der Waals surface area contributed by atoms with Gasteiger partial charge in [0.25, 0.3) is 0 Å². The molecule has 3 aromatic rings. The summed E-state index contributed by atoms with van der Waals surface area (Å²) in [4.78, 5) is 13.9. The molecule has 0 amide bonds. The number of nitrogens with one attached hydrogen (secondary N) is 1. The van der Waals surface area contributed by atoms with Gasteiger partial charge >= 0.3 is 0 Å². The summed E-state index contributed by atoms with van der Waals surface area (Å²) in [5, 5.41) is 25.0. The van der Waals surface area contributed by atoms with Gasteiger partial charge < -0.3 is 15.3 Å². The number of aliphatic hydroxyl groups excluding tert-OH is 1. The molecule has 0 bridgehead atoms. The Kier molecular flexibility index (Phi) is 8.19. The van der Waals surface area contributed by atoms with Crippen molar-refractivity contribution < 1.29 is 17.9 Å². The lowest BCUT2D eigenvalue weighted by Gasteiger charge is -2.35. The molecular weight excluding hydrogens is 533 g/mol. The molecule has 2 saturated heterocycles. The van der Waals surface area contributed by atoms with Crippen molar-refractivity contribution in [2.45, 2.75) is 44.5 Å². The third-order valence-corrected chi connectivity index (χ3v) is 8.94. The van der Waals surface area contributed by atoms with Crippen molar-refractivity contribution in [2.24, 2.45) is 0 Å². The van der Waals surface area contributed by atoms with Crippen LogP contribution in [0.3, 0.4) is 0 Å². The molecule has 2 aliphatic rings. The maximum absolute atomic E-state index is 14.0. The second kappa shape index (κ2) is 11.6. The quantitative estimate of drug-likeness (QED) is 0.462. The van der Waals surface area contributed by atoms with Crippen LogP contribution in [0.4, 0.5) is 16.0 Å². The van der Waals surface area contributed by atoms with Gasteiger partial charge in [0, 0.05) is 68.5 Å². The van der Waals surface area contributed by atoms with Crippen LogP contribution in [0.1, 0.15) is 30.9 Å². The number of halogens is 1. The van der Waals surface area contributed by atoms with Gasteiger partial charge in [-0.1, -0.05) is 0 Å². The number of aromatic nitrogens is 2. The number of β-amino-alcohol motifs (C(OH)–C–C–N with tert-alkyl or cyclic N) is 1. The van der Waals surface area contributed by atoms with Crippen molar-refractivity contribution in [3.8, 4) is 6.07 Å². The average Bonchev–Trinajstić information content (AvgIpc) is 3.09. The van der Waals surface area contributed by atoms with E-state index in [1.54, 1.807) is 18.5 Å². The smallest absolute Gasteiger partial charge is 0.211 e. The number of nitrogens with zero attached hydrogens (tertiary/aromatic N) is 6. The fourth-order valence-corrected chi connectivity index (χ4v) is 6.55. The molecule has 2 fully saturated rings. The standard InChI is InChI=1S/C28H34FN7O3S/c1-19-16-34(17-21-10-20(14-30)11-23(29)12-21)7-3-8-36(19)28-24-13-27(32-15-22(24)4-6-31-28)33-25-5-9-35(18-26(25)37)40(2,38)39/h4,6,10-13,15,19,25-26,37H,3,5,7-9,16-18H2,1-2H3,(H,32,33)/t19-,25-,26-/m1/s1. The first-order valence-corrected chi connectivity index (χ1v) is 15.3. The van der Waals surface area contributed by atoms with Crippen molar-refractivity contribution in [3.05, 3.63) is 59.7 Å². The molecule has 212 valence electrons. The van der Waals surface area contributed by atoms with Crippen molar-refractivity contribution in [2.75, 3.05) is 49.2 Å². The van der Waals surface area contributed by atoms with E-state index in [9.17, 15) is 23.2 Å². The number of hydrogen-bond acceptors (Lipinski definition) is 9. The highest BCUT2D eigenvalue weighted by Crippen LogP contribution is 2.30. The number of pyridine rings is 2. The number of anilines is 2. The molecule has 1 aromatic carbocycles. The van der Waals surface area contributed by atoms with Crippen molar-refractivity contribution >= 4 is 32.4 Å². The third-order valence-electron chi connectivity index (χ3n) is 7.67. The molecule has 0 spiro atoms. The minimum Gasteiger partial charge on any atom is -0.390 e. The molecule has 10 nitrogen and oxygen atoms in total. The van der Waals surface area contributed by atoms with Crippen LogP contribution >= 0.6 is 0 Å². The lowest BCUT2D eigenvalue weighted by atomic mass is 10.0. The highest BCUT2D eigenvalue weighted by molar-refractivity contribution is 7.88. The Balaban J connectivity index is 1.33. The van der Waals surface area contributed by atoms with E-state index in [-0.39, 0.29) is 18.6 Å². The Morgan fingerprint density at radius 2 is 2.00 bits per heavy atom. The molecule has 0 unspecified atom stereocenters. The highest BCUT2D eigenvalue weighted by Gasteiger charge is 2.32. The summed E-state index contributed by atoms with van der Waals surface area (Å²) in [6.45, 7) is 5.48. The summed E-state index contributed by atoms with van der Waals surface area (Å²) in [7, 11) is -3.35.